The van der Waals surface area contributed by atoms with Crippen molar-refractivity contribution >= 4 is 19.5 Å². The summed E-state index contributed by atoms with van der Waals surface area (Å²) in [5.41, 5.74) is 2.78. The molecule has 0 radical (unpaired) electrons. The van der Waals surface area contributed by atoms with Crippen LogP contribution in [-0.2, 0) is 27.9 Å². The molecule has 2 heterocycles. The van der Waals surface area contributed by atoms with Crippen molar-refractivity contribution in [3.63, 3.8) is 0 Å². The highest BCUT2D eigenvalue weighted by atomic mass is 31.2. The Morgan fingerprint density at radius 2 is 2.23 bits per heavy atom. The molecule has 13 heteroatoms. The van der Waals surface area contributed by atoms with Crippen molar-refractivity contribution in [2.75, 3.05) is 19.5 Å². The van der Waals surface area contributed by atoms with Crippen LogP contribution in [0.4, 0.5) is 10.2 Å². The summed E-state index contributed by atoms with van der Waals surface area (Å²) in [6.45, 7) is 4.32. The zero-order chi connectivity index (χ0) is 25.8. The van der Waals surface area contributed by atoms with Crippen LogP contribution < -0.4 is 16.5 Å². The third kappa shape index (κ3) is 6.88. The first-order valence-electron chi connectivity index (χ1n) is 11.0. The largest absolute Gasteiger partial charge is 0.468 e. The van der Waals surface area contributed by atoms with Crippen LogP contribution in [-0.4, -0.2) is 47.1 Å². The number of alkyl halides is 1. The minimum Gasteiger partial charge on any atom is -0.468 e. The quantitative estimate of drug-likeness (QED) is 0.374. The summed E-state index contributed by atoms with van der Waals surface area (Å²) < 4.78 is 51.5. The normalized spacial score (nSPS) is 28.6. The highest BCUT2D eigenvalue weighted by Gasteiger charge is 2.48. The van der Waals surface area contributed by atoms with E-state index < -0.39 is 43.4 Å². The number of rotatable bonds is 9. The van der Waals surface area contributed by atoms with E-state index in [0.717, 1.165) is 4.57 Å². The molecular formula is C22H30FN4O7P. The van der Waals surface area contributed by atoms with Gasteiger partial charge >= 0.3 is 19.4 Å². The summed E-state index contributed by atoms with van der Waals surface area (Å²) in [7, 11) is -2.96. The summed E-state index contributed by atoms with van der Waals surface area (Å²) in [6, 6.07) is 0.326. The van der Waals surface area contributed by atoms with Gasteiger partial charge in [0.15, 0.2) is 11.9 Å². The van der Waals surface area contributed by atoms with Crippen molar-refractivity contribution in [1.82, 2.24) is 14.6 Å². The first kappa shape index (κ1) is 26.8. The van der Waals surface area contributed by atoms with Crippen LogP contribution >= 0.6 is 7.75 Å². The molecule has 1 aliphatic carbocycles. The molecule has 1 fully saturated rings. The standard InChI is InChI=1S/C22H30FN4O7P/c1-14-6-5-7-16(9-8-14)34-35(30,26-15(2)19(28)31-4)32-13-17-12-22(3,23)20(33-17)27-11-10-18(24)25-21(27)29/h5-11,14-15,17,20H,12-13H2,1-4H3,(H,26,30)(H2,24,25,29)/t14?,15?,17?,20?,22-,35?/m1/s1. The number of nitrogens with two attached hydrogens (primary N) is 1. The van der Waals surface area contributed by atoms with Crippen molar-refractivity contribution in [3.8, 4) is 0 Å². The molecule has 11 nitrogen and oxygen atoms in total. The van der Waals surface area contributed by atoms with Gasteiger partial charge in [-0.15, -0.1) is 0 Å². The second-order valence-corrected chi connectivity index (χ2v) is 10.3. The molecule has 0 saturated carbocycles. The van der Waals surface area contributed by atoms with E-state index in [4.69, 9.17) is 19.5 Å². The predicted octanol–water partition coefficient (Wildman–Crippen LogP) is 2.78. The number of carbonyl (C=O) groups is 1. The lowest BCUT2D eigenvalue weighted by Gasteiger charge is -2.24. The van der Waals surface area contributed by atoms with Crippen LogP contribution in [0.2, 0.25) is 0 Å². The molecule has 0 amide bonds. The number of methoxy groups -OCH3 is 1. The van der Waals surface area contributed by atoms with Gasteiger partial charge in [-0.25, -0.2) is 13.8 Å². The van der Waals surface area contributed by atoms with Crippen LogP contribution in [0.1, 0.15) is 33.4 Å². The molecule has 6 atom stereocenters. The monoisotopic (exact) mass is 512 g/mol. The molecule has 5 unspecified atom stereocenters. The molecule has 1 saturated heterocycles. The van der Waals surface area contributed by atoms with Gasteiger partial charge < -0.3 is 19.7 Å². The average Bonchev–Trinajstić information content (AvgIpc) is 2.94. The molecule has 192 valence electrons. The van der Waals surface area contributed by atoms with E-state index in [1.54, 1.807) is 18.2 Å². The van der Waals surface area contributed by atoms with Gasteiger partial charge in [0.1, 0.15) is 17.6 Å². The number of hydrogen-bond donors (Lipinski definition) is 2. The number of nitrogen functional groups attached to an aromatic ring is 1. The lowest BCUT2D eigenvalue weighted by Crippen LogP contribution is -2.35. The molecule has 1 aromatic heterocycles. The maximum absolute atomic E-state index is 15.3. The fraction of sp³-hybridized carbons (Fsp3) is 0.500. The minimum absolute atomic E-state index is 0.000292. The van der Waals surface area contributed by atoms with Gasteiger partial charge in [0, 0.05) is 12.6 Å². The Bertz CT molecular complexity index is 1130. The van der Waals surface area contributed by atoms with Gasteiger partial charge in [-0.3, -0.25) is 13.9 Å². The van der Waals surface area contributed by atoms with Crippen LogP contribution in [0, 0.1) is 5.92 Å². The topological polar surface area (TPSA) is 144 Å². The summed E-state index contributed by atoms with van der Waals surface area (Å²) in [4.78, 5) is 27.7. The molecule has 1 aromatic rings. The van der Waals surface area contributed by atoms with E-state index in [2.05, 4.69) is 14.8 Å². The third-order valence-electron chi connectivity index (χ3n) is 5.37. The Hall–Kier alpha value is -2.79. The number of anilines is 1. The Morgan fingerprint density at radius 1 is 1.49 bits per heavy atom. The summed E-state index contributed by atoms with van der Waals surface area (Å²) in [5, 5.41) is 2.54. The maximum atomic E-state index is 15.3. The molecule has 1 aliphatic heterocycles. The molecule has 35 heavy (non-hydrogen) atoms. The summed E-state index contributed by atoms with van der Waals surface area (Å²) in [6.07, 6.45) is 7.67. The van der Waals surface area contributed by atoms with Crippen molar-refractivity contribution in [3.05, 3.63) is 58.9 Å². The van der Waals surface area contributed by atoms with Crippen LogP contribution in [0.25, 0.3) is 0 Å². The second-order valence-electron chi connectivity index (χ2n) is 8.57. The number of nitrogens with one attached hydrogen (secondary N) is 1. The first-order valence-corrected chi connectivity index (χ1v) is 12.5. The van der Waals surface area contributed by atoms with Crippen molar-refractivity contribution in [2.24, 2.45) is 5.92 Å². The Labute approximate surface area is 202 Å². The lowest BCUT2D eigenvalue weighted by molar-refractivity contribution is -0.142. The maximum Gasteiger partial charge on any atom is 0.459 e. The van der Waals surface area contributed by atoms with Gasteiger partial charge in [-0.2, -0.15) is 10.1 Å². The number of aromatic nitrogens is 2. The first-order chi connectivity index (χ1) is 16.4. The van der Waals surface area contributed by atoms with Gasteiger partial charge in [-0.05, 0) is 38.0 Å². The Morgan fingerprint density at radius 3 is 2.91 bits per heavy atom. The number of allylic oxidation sites excluding steroid dienone is 5. The summed E-state index contributed by atoms with van der Waals surface area (Å²) in [5.74, 6) is -0.315. The lowest BCUT2D eigenvalue weighted by atomic mass is 10.0. The van der Waals surface area contributed by atoms with E-state index in [1.807, 2.05) is 19.1 Å². The SMILES string of the molecule is COC(=O)C(C)NP(=O)(OCC1C[C@@](C)(F)C(n2ccc(N)nc2=O)O1)OC1=CC=CC(C)C=C1. The molecule has 0 bridgehead atoms. The number of carbonyl (C=O) groups excluding carboxylic acids is 1. The van der Waals surface area contributed by atoms with E-state index in [1.165, 1.54) is 33.2 Å². The van der Waals surface area contributed by atoms with E-state index in [0.29, 0.717) is 0 Å². The molecule has 2 aliphatic rings. The number of hydrogen-bond acceptors (Lipinski definition) is 9. The predicted molar refractivity (Wildman–Crippen MR) is 126 cm³/mol. The van der Waals surface area contributed by atoms with Crippen LogP contribution in [0.5, 0.6) is 0 Å². The zero-order valence-corrected chi connectivity index (χ0v) is 20.8. The number of halogens is 1. The van der Waals surface area contributed by atoms with Gasteiger partial charge in [0.05, 0.1) is 19.8 Å². The minimum atomic E-state index is -4.16. The highest BCUT2D eigenvalue weighted by molar-refractivity contribution is 7.51. The zero-order valence-electron chi connectivity index (χ0n) is 19.9. The van der Waals surface area contributed by atoms with Gasteiger partial charge in [0.2, 0.25) is 0 Å². The van der Waals surface area contributed by atoms with Crippen molar-refractivity contribution < 1.29 is 32.3 Å². The smallest absolute Gasteiger partial charge is 0.459 e. The fourth-order valence-corrected chi connectivity index (χ4v) is 5.13. The number of ether oxygens (including phenoxy) is 2. The fourth-order valence-electron chi connectivity index (χ4n) is 3.61. The van der Waals surface area contributed by atoms with Crippen LogP contribution in [0.15, 0.2) is 53.2 Å². The average molecular weight is 512 g/mol. The number of nitrogens with zero attached hydrogens (tertiary/aromatic N) is 2. The molecular weight excluding hydrogens is 482 g/mol. The third-order valence-corrected chi connectivity index (χ3v) is 7.01. The second kappa shape index (κ2) is 10.9. The van der Waals surface area contributed by atoms with Gasteiger partial charge in [-0.1, -0.05) is 25.2 Å². The highest BCUT2D eigenvalue weighted by Crippen LogP contribution is 2.49. The Balaban J connectivity index is 1.76. The molecule has 0 aromatic carbocycles. The van der Waals surface area contributed by atoms with Crippen molar-refractivity contribution in [1.29, 1.82) is 0 Å². The summed E-state index contributed by atoms with van der Waals surface area (Å²) >= 11 is 0. The molecule has 3 N–H and O–H groups in total. The van der Waals surface area contributed by atoms with E-state index in [9.17, 15) is 14.2 Å². The molecule has 0 spiro atoms. The number of esters is 1. The Kier molecular flexibility index (Phi) is 8.32. The van der Waals surface area contributed by atoms with E-state index in [-0.39, 0.29) is 30.5 Å². The van der Waals surface area contributed by atoms with E-state index >= 15 is 4.39 Å². The van der Waals surface area contributed by atoms with Crippen LogP contribution in [0.3, 0.4) is 0 Å². The molecule has 3 rings (SSSR count). The van der Waals surface area contributed by atoms with Crippen molar-refractivity contribution in [2.45, 2.75) is 51.2 Å². The van der Waals surface area contributed by atoms with Gasteiger partial charge in [0.25, 0.3) is 0 Å².